The van der Waals surface area contributed by atoms with Crippen LogP contribution in [0, 0.1) is 11.3 Å². The van der Waals surface area contributed by atoms with Gasteiger partial charge in [-0.25, -0.2) is 0 Å². The lowest BCUT2D eigenvalue weighted by molar-refractivity contribution is -0.132. The summed E-state index contributed by atoms with van der Waals surface area (Å²) in [5.74, 6) is 0.524. The van der Waals surface area contributed by atoms with Crippen LogP contribution in [0.4, 0.5) is 0 Å². The Morgan fingerprint density at radius 2 is 2.06 bits per heavy atom. The van der Waals surface area contributed by atoms with Crippen molar-refractivity contribution in [1.82, 2.24) is 5.32 Å². The third-order valence-corrected chi connectivity index (χ3v) is 4.37. The number of nitrogens with one attached hydrogen (secondary N) is 1. The Kier molecular flexibility index (Phi) is 4.25. The minimum Gasteiger partial charge on any atom is -0.381 e. The van der Waals surface area contributed by atoms with Crippen molar-refractivity contribution in [2.24, 2.45) is 17.1 Å². The summed E-state index contributed by atoms with van der Waals surface area (Å²) in [5.41, 5.74) is 5.38. The number of rotatable bonds is 3. The third-order valence-electron chi connectivity index (χ3n) is 4.37. The maximum Gasteiger partial charge on any atom is 0.230 e. The van der Waals surface area contributed by atoms with Crippen LogP contribution in [0.1, 0.15) is 26.7 Å². The Morgan fingerprint density at radius 3 is 2.61 bits per heavy atom. The quantitative estimate of drug-likeness (QED) is 0.761. The number of hydrogen-bond acceptors (Lipinski definition) is 4. The Balaban J connectivity index is 1.90. The molecule has 0 bridgehead atoms. The van der Waals surface area contributed by atoms with Gasteiger partial charge < -0.3 is 20.5 Å². The lowest BCUT2D eigenvalue weighted by Gasteiger charge is -2.32. The molecule has 0 spiro atoms. The van der Waals surface area contributed by atoms with Crippen LogP contribution in [-0.2, 0) is 14.3 Å². The van der Waals surface area contributed by atoms with Crippen molar-refractivity contribution in [2.75, 3.05) is 26.4 Å². The number of carbonyl (C=O) groups is 1. The van der Waals surface area contributed by atoms with Gasteiger partial charge in [0.1, 0.15) is 0 Å². The molecule has 2 fully saturated rings. The molecule has 3 N–H and O–H groups in total. The average Bonchev–Trinajstić information content (AvgIpc) is 2.72. The summed E-state index contributed by atoms with van der Waals surface area (Å²) in [6.45, 7) is 6.43. The van der Waals surface area contributed by atoms with E-state index in [4.69, 9.17) is 15.2 Å². The van der Waals surface area contributed by atoms with Gasteiger partial charge in [0.25, 0.3) is 0 Å². The van der Waals surface area contributed by atoms with E-state index in [1.54, 1.807) is 0 Å². The van der Waals surface area contributed by atoms with E-state index in [2.05, 4.69) is 12.2 Å². The highest BCUT2D eigenvalue weighted by Crippen LogP contribution is 2.28. The predicted octanol–water partition coefficient (Wildman–Crippen LogP) is 0.282. The normalized spacial score (nSPS) is 35.4. The molecule has 3 unspecified atom stereocenters. The molecule has 5 heteroatoms. The largest absolute Gasteiger partial charge is 0.381 e. The van der Waals surface area contributed by atoms with Gasteiger partial charge >= 0.3 is 0 Å². The second-order valence-electron chi connectivity index (χ2n) is 5.75. The van der Waals surface area contributed by atoms with Gasteiger partial charge in [0.2, 0.25) is 5.91 Å². The van der Waals surface area contributed by atoms with Crippen LogP contribution in [-0.4, -0.2) is 44.4 Å². The van der Waals surface area contributed by atoms with Gasteiger partial charge in [-0.3, -0.25) is 4.79 Å². The van der Waals surface area contributed by atoms with E-state index in [-0.39, 0.29) is 18.0 Å². The first-order chi connectivity index (χ1) is 8.54. The summed E-state index contributed by atoms with van der Waals surface area (Å²) in [5, 5.41) is 3.11. The minimum absolute atomic E-state index is 0.0199. The van der Waals surface area contributed by atoms with Gasteiger partial charge in [-0.15, -0.1) is 0 Å². The molecule has 2 heterocycles. The molecule has 0 aliphatic carbocycles. The summed E-state index contributed by atoms with van der Waals surface area (Å²) < 4.78 is 10.7. The summed E-state index contributed by atoms with van der Waals surface area (Å²) >= 11 is 0. The molecule has 18 heavy (non-hydrogen) atoms. The predicted molar refractivity (Wildman–Crippen MR) is 68.0 cm³/mol. The number of hydrogen-bond donors (Lipinski definition) is 2. The van der Waals surface area contributed by atoms with Crippen molar-refractivity contribution in [1.29, 1.82) is 0 Å². The van der Waals surface area contributed by atoms with E-state index in [1.165, 1.54) is 0 Å². The number of ether oxygens (including phenoxy) is 2. The number of nitrogens with two attached hydrogens (primary N) is 1. The molecule has 2 saturated heterocycles. The second-order valence-corrected chi connectivity index (χ2v) is 5.75. The van der Waals surface area contributed by atoms with Crippen molar-refractivity contribution < 1.29 is 14.3 Å². The van der Waals surface area contributed by atoms with E-state index < -0.39 is 5.41 Å². The van der Waals surface area contributed by atoms with Gasteiger partial charge in [-0.2, -0.15) is 0 Å². The molecule has 0 saturated carbocycles. The minimum atomic E-state index is -0.584. The smallest absolute Gasteiger partial charge is 0.230 e. The molecule has 0 aromatic rings. The van der Waals surface area contributed by atoms with E-state index in [0.717, 1.165) is 26.1 Å². The molecular formula is C13H24N2O3. The molecule has 5 nitrogen and oxygen atoms in total. The Bertz CT molecular complexity index is 305. The monoisotopic (exact) mass is 256 g/mol. The van der Waals surface area contributed by atoms with E-state index in [9.17, 15) is 4.79 Å². The van der Waals surface area contributed by atoms with Crippen molar-refractivity contribution in [3.05, 3.63) is 0 Å². The van der Waals surface area contributed by atoms with E-state index in [0.29, 0.717) is 19.1 Å². The molecule has 0 radical (unpaired) electrons. The summed E-state index contributed by atoms with van der Waals surface area (Å²) in [6.07, 6.45) is 2.03. The molecule has 2 rings (SSSR count). The summed E-state index contributed by atoms with van der Waals surface area (Å²) in [6, 6.07) is -0.0367. The standard InChI is InChI=1S/C13H24N2O3/c1-9(10-3-5-17-6-4-10)15-12(16)13(2)8-18-7-11(13)14/h9-11H,3-8,14H2,1-2H3,(H,15,16). The van der Waals surface area contributed by atoms with Gasteiger partial charge in [0.05, 0.1) is 18.6 Å². The fraction of sp³-hybridized carbons (Fsp3) is 0.923. The molecule has 2 aliphatic rings. The zero-order chi connectivity index (χ0) is 13.2. The number of carbonyl (C=O) groups excluding carboxylic acids is 1. The molecule has 0 aromatic heterocycles. The molecule has 0 aromatic carbocycles. The van der Waals surface area contributed by atoms with E-state index >= 15 is 0 Å². The van der Waals surface area contributed by atoms with Gasteiger partial charge in [-0.05, 0) is 32.6 Å². The van der Waals surface area contributed by atoms with E-state index in [1.807, 2.05) is 6.92 Å². The number of amides is 1. The lowest BCUT2D eigenvalue weighted by Crippen LogP contribution is -2.53. The first-order valence-electron chi connectivity index (χ1n) is 6.76. The average molecular weight is 256 g/mol. The highest BCUT2D eigenvalue weighted by Gasteiger charge is 2.44. The van der Waals surface area contributed by atoms with Crippen LogP contribution in [0.5, 0.6) is 0 Å². The summed E-state index contributed by atoms with van der Waals surface area (Å²) in [4.78, 5) is 12.3. The second kappa shape index (κ2) is 5.55. The van der Waals surface area contributed by atoms with Crippen molar-refractivity contribution in [2.45, 2.75) is 38.8 Å². The van der Waals surface area contributed by atoms with Crippen LogP contribution < -0.4 is 11.1 Å². The molecule has 2 aliphatic heterocycles. The molecule has 1 amide bonds. The highest BCUT2D eigenvalue weighted by molar-refractivity contribution is 5.83. The zero-order valence-corrected chi connectivity index (χ0v) is 11.3. The third kappa shape index (κ3) is 2.68. The SMILES string of the molecule is CC(NC(=O)C1(C)COCC1N)C1CCOCC1. The Hall–Kier alpha value is -0.650. The van der Waals surface area contributed by atoms with Crippen LogP contribution in [0.15, 0.2) is 0 Å². The fourth-order valence-corrected chi connectivity index (χ4v) is 2.63. The first kappa shape index (κ1) is 13.8. The van der Waals surface area contributed by atoms with Crippen LogP contribution >= 0.6 is 0 Å². The lowest BCUT2D eigenvalue weighted by atomic mass is 9.83. The molecule has 104 valence electrons. The Labute approximate surface area is 108 Å². The highest BCUT2D eigenvalue weighted by atomic mass is 16.5. The van der Waals surface area contributed by atoms with Crippen LogP contribution in [0.2, 0.25) is 0 Å². The van der Waals surface area contributed by atoms with Gasteiger partial charge in [0.15, 0.2) is 0 Å². The molecule has 3 atom stereocenters. The van der Waals surface area contributed by atoms with Gasteiger partial charge in [0, 0.05) is 25.3 Å². The fourth-order valence-electron chi connectivity index (χ4n) is 2.63. The van der Waals surface area contributed by atoms with Crippen molar-refractivity contribution in [3.8, 4) is 0 Å². The van der Waals surface area contributed by atoms with Crippen molar-refractivity contribution in [3.63, 3.8) is 0 Å². The first-order valence-corrected chi connectivity index (χ1v) is 6.76. The summed E-state index contributed by atoms with van der Waals surface area (Å²) in [7, 11) is 0. The van der Waals surface area contributed by atoms with Crippen molar-refractivity contribution >= 4 is 5.91 Å². The Morgan fingerprint density at radius 1 is 1.39 bits per heavy atom. The molecular weight excluding hydrogens is 232 g/mol. The van der Waals surface area contributed by atoms with Crippen LogP contribution in [0.25, 0.3) is 0 Å². The van der Waals surface area contributed by atoms with Gasteiger partial charge in [-0.1, -0.05) is 0 Å². The topological polar surface area (TPSA) is 73.6 Å². The van der Waals surface area contributed by atoms with Crippen LogP contribution in [0.3, 0.4) is 0 Å². The maximum absolute atomic E-state index is 12.3. The zero-order valence-electron chi connectivity index (χ0n) is 11.3. The maximum atomic E-state index is 12.3.